The first-order chi connectivity index (χ1) is 22.4. The molecule has 3 aliphatic rings. The van der Waals surface area contributed by atoms with Crippen LogP contribution < -0.4 is 5.32 Å². The summed E-state index contributed by atoms with van der Waals surface area (Å²) in [6.45, 7) is 5.30. The van der Waals surface area contributed by atoms with Crippen LogP contribution in [0.4, 0.5) is 31.1 Å². The number of aromatic carboxylic acids is 1. The number of nitrogens with one attached hydrogen (secondary N) is 1. The Labute approximate surface area is 278 Å². The third-order valence-electron chi connectivity index (χ3n) is 8.81. The van der Waals surface area contributed by atoms with E-state index in [4.69, 9.17) is 14.7 Å². The normalized spacial score (nSPS) is 21.9. The number of hydrogen-bond donors (Lipinski definition) is 2. The molecule has 1 unspecified atom stereocenters. The highest BCUT2D eigenvalue weighted by Crippen LogP contribution is 2.58. The number of carbonyl (C=O) groups excluding carboxylic acids is 1. The number of aromatic nitrogens is 1. The van der Waals surface area contributed by atoms with Crippen LogP contribution in [0.2, 0.25) is 0 Å². The lowest BCUT2D eigenvalue weighted by Gasteiger charge is -2.37. The van der Waals surface area contributed by atoms with Crippen LogP contribution in [0, 0.1) is 13.8 Å². The van der Waals surface area contributed by atoms with E-state index in [2.05, 4.69) is 5.32 Å². The number of thioether (sulfide) groups is 1. The van der Waals surface area contributed by atoms with E-state index < -0.39 is 52.7 Å². The van der Waals surface area contributed by atoms with Crippen molar-refractivity contribution in [2.45, 2.75) is 63.1 Å². The summed E-state index contributed by atoms with van der Waals surface area (Å²) in [7, 11) is 0. The third kappa shape index (κ3) is 5.93. The van der Waals surface area contributed by atoms with Gasteiger partial charge in [0.1, 0.15) is 10.5 Å². The summed E-state index contributed by atoms with van der Waals surface area (Å²) < 4.78 is 87.7. The highest BCUT2D eigenvalue weighted by Gasteiger charge is 2.65. The van der Waals surface area contributed by atoms with Crippen molar-refractivity contribution in [3.8, 4) is 10.6 Å². The topological polar surface area (TPSA) is 104 Å². The van der Waals surface area contributed by atoms with E-state index in [1.165, 1.54) is 34.1 Å². The molecule has 2 atom stereocenters. The Hall–Kier alpha value is -4.05. The zero-order valence-corrected chi connectivity index (χ0v) is 27.5. The van der Waals surface area contributed by atoms with Crippen LogP contribution in [0.15, 0.2) is 47.6 Å². The third-order valence-corrected chi connectivity index (χ3v) is 10.6. The van der Waals surface area contributed by atoms with Crippen molar-refractivity contribution in [3.63, 3.8) is 0 Å². The fourth-order valence-corrected chi connectivity index (χ4v) is 8.00. The first-order valence-electron chi connectivity index (χ1n) is 14.6. The molecular formula is C32H28F6N4O4S2. The molecular weight excluding hydrogens is 682 g/mol. The Morgan fingerprint density at radius 1 is 1.10 bits per heavy atom. The number of aryl methyl sites for hydroxylation is 2. The molecule has 6 rings (SSSR count). The molecule has 3 heterocycles. The fraction of sp³-hybridized carbons (Fsp3) is 0.375. The lowest BCUT2D eigenvalue weighted by molar-refractivity contribution is -0.143. The standard InChI is InChI=1S/C32H28F6N4O4S2/c1-15-9-17(26(43)44)5-6-21(15)25-40-16(2)23(48-25)22-13-39-27(47-4)41-29(22,3)14-42-28(45)46-24(30(42)7-8-30)18-10-19(31(33,34)35)12-20(11-18)32(36,37)38/h5-6,9-13,24H,7-8,14H2,1-4H3,(H,39,41)(H,43,44)/t24-,29?/m1/s1. The number of carbonyl (C=O) groups is 2. The van der Waals surface area contributed by atoms with E-state index in [-0.39, 0.29) is 23.7 Å². The lowest BCUT2D eigenvalue weighted by atomic mass is 9.88. The van der Waals surface area contributed by atoms with Gasteiger partial charge in [0, 0.05) is 17.3 Å². The molecule has 1 spiro atoms. The molecule has 0 bridgehead atoms. The molecule has 8 nitrogen and oxygen atoms in total. The summed E-state index contributed by atoms with van der Waals surface area (Å²) in [6, 6.07) is 6.02. The quantitative estimate of drug-likeness (QED) is 0.248. The number of rotatable bonds is 6. The van der Waals surface area contributed by atoms with Crippen LogP contribution in [0.5, 0.6) is 0 Å². The van der Waals surface area contributed by atoms with Gasteiger partial charge in [-0.25, -0.2) is 19.6 Å². The van der Waals surface area contributed by atoms with E-state index in [0.29, 0.717) is 52.0 Å². The molecule has 16 heteroatoms. The summed E-state index contributed by atoms with van der Waals surface area (Å²) in [5.74, 6) is -1.05. The molecule has 254 valence electrons. The SMILES string of the molecule is CSC1=NC(C)(CN2C(=O)O[C@H](c3cc(C(F)(F)F)cc(C(F)(F)F)c3)C23CC3)C(c2sc(-c3ccc(C(=O)O)cc3C)nc2C)=CN1. The van der Waals surface area contributed by atoms with Gasteiger partial charge in [-0.3, -0.25) is 4.90 Å². The van der Waals surface area contributed by atoms with Crippen LogP contribution in [-0.4, -0.2) is 56.1 Å². The predicted octanol–water partition coefficient (Wildman–Crippen LogP) is 8.31. The molecule has 2 fully saturated rings. The predicted molar refractivity (Wildman–Crippen MR) is 169 cm³/mol. The smallest absolute Gasteiger partial charge is 0.416 e. The second-order valence-corrected chi connectivity index (χ2v) is 14.0. The van der Waals surface area contributed by atoms with Crippen molar-refractivity contribution in [3.05, 3.63) is 81.0 Å². The van der Waals surface area contributed by atoms with Crippen molar-refractivity contribution in [2.75, 3.05) is 12.8 Å². The number of halogens is 6. The maximum atomic E-state index is 13.7. The van der Waals surface area contributed by atoms with Crippen molar-refractivity contribution in [1.29, 1.82) is 0 Å². The maximum Gasteiger partial charge on any atom is 0.416 e. The van der Waals surface area contributed by atoms with Gasteiger partial charge < -0.3 is 15.2 Å². The van der Waals surface area contributed by atoms with Gasteiger partial charge in [-0.1, -0.05) is 17.8 Å². The Balaban J connectivity index is 1.37. The van der Waals surface area contributed by atoms with Crippen LogP contribution >= 0.6 is 23.1 Å². The van der Waals surface area contributed by atoms with E-state index in [9.17, 15) is 41.0 Å². The summed E-state index contributed by atoms with van der Waals surface area (Å²) in [5.41, 5.74) is -2.74. The van der Waals surface area contributed by atoms with Gasteiger partial charge in [-0.15, -0.1) is 11.3 Å². The molecule has 2 N–H and O–H groups in total. The monoisotopic (exact) mass is 710 g/mol. The number of cyclic esters (lactones) is 1. The number of hydrogen-bond acceptors (Lipinski definition) is 8. The molecule has 48 heavy (non-hydrogen) atoms. The number of alkyl halides is 6. The summed E-state index contributed by atoms with van der Waals surface area (Å²) in [4.78, 5) is 36.7. The number of aliphatic imine (C=N–C) groups is 1. The van der Waals surface area contributed by atoms with Crippen LogP contribution in [0.3, 0.4) is 0 Å². The van der Waals surface area contributed by atoms with E-state index >= 15 is 0 Å². The molecule has 2 aliphatic heterocycles. The summed E-state index contributed by atoms with van der Waals surface area (Å²) in [6.07, 6.45) is -8.15. The molecule has 1 saturated heterocycles. The minimum atomic E-state index is -5.05. The number of ether oxygens (including phenoxy) is 1. The number of benzene rings is 2. The average Bonchev–Trinajstić information content (AvgIpc) is 3.65. The largest absolute Gasteiger partial charge is 0.478 e. The Morgan fingerprint density at radius 2 is 1.75 bits per heavy atom. The Morgan fingerprint density at radius 3 is 2.29 bits per heavy atom. The van der Waals surface area contributed by atoms with Gasteiger partial charge in [0.25, 0.3) is 0 Å². The van der Waals surface area contributed by atoms with Gasteiger partial charge in [-0.2, -0.15) is 26.3 Å². The molecule has 3 aromatic rings. The van der Waals surface area contributed by atoms with E-state index in [0.717, 1.165) is 10.4 Å². The average molecular weight is 711 g/mol. The van der Waals surface area contributed by atoms with Gasteiger partial charge >= 0.3 is 24.4 Å². The van der Waals surface area contributed by atoms with Crippen molar-refractivity contribution < 1.29 is 45.8 Å². The number of nitrogens with zero attached hydrogens (tertiary/aromatic N) is 3. The van der Waals surface area contributed by atoms with E-state index in [1.807, 2.05) is 0 Å². The molecule has 1 aromatic heterocycles. The number of amides is 1. The van der Waals surface area contributed by atoms with Crippen molar-refractivity contribution >= 4 is 45.9 Å². The second kappa shape index (κ2) is 11.5. The van der Waals surface area contributed by atoms with Gasteiger partial charge in [0.05, 0.1) is 39.3 Å². The Bertz CT molecular complexity index is 1870. The highest BCUT2D eigenvalue weighted by atomic mass is 32.2. The molecule has 1 amide bonds. The van der Waals surface area contributed by atoms with Crippen molar-refractivity contribution in [2.24, 2.45) is 4.99 Å². The van der Waals surface area contributed by atoms with E-state index in [1.54, 1.807) is 45.4 Å². The van der Waals surface area contributed by atoms with Crippen molar-refractivity contribution in [1.82, 2.24) is 15.2 Å². The van der Waals surface area contributed by atoms with Crippen LogP contribution in [-0.2, 0) is 17.1 Å². The summed E-state index contributed by atoms with van der Waals surface area (Å²) >= 11 is 2.67. The molecule has 2 aromatic carbocycles. The van der Waals surface area contributed by atoms with Gasteiger partial charge in [-0.05, 0) is 81.3 Å². The second-order valence-electron chi connectivity index (χ2n) is 12.2. The number of carboxylic acid groups (broad SMARTS) is 1. The first kappa shape index (κ1) is 33.8. The zero-order chi connectivity index (χ0) is 35.0. The first-order valence-corrected chi connectivity index (χ1v) is 16.6. The number of thiazole rings is 1. The minimum absolute atomic E-state index is 0.0526. The lowest BCUT2D eigenvalue weighted by Crippen LogP contribution is -2.48. The highest BCUT2D eigenvalue weighted by molar-refractivity contribution is 8.13. The fourth-order valence-electron chi connectivity index (χ4n) is 6.24. The van der Waals surface area contributed by atoms with Gasteiger partial charge in [0.2, 0.25) is 0 Å². The number of amidine groups is 1. The van der Waals surface area contributed by atoms with Crippen LogP contribution in [0.25, 0.3) is 16.1 Å². The van der Waals surface area contributed by atoms with Gasteiger partial charge in [0.15, 0.2) is 11.3 Å². The Kier molecular flexibility index (Phi) is 8.13. The molecule has 0 radical (unpaired) electrons. The molecule has 1 aliphatic carbocycles. The summed E-state index contributed by atoms with van der Waals surface area (Å²) in [5, 5.41) is 13.7. The minimum Gasteiger partial charge on any atom is -0.478 e. The number of carboxylic acids is 1. The zero-order valence-electron chi connectivity index (χ0n) is 25.8. The van der Waals surface area contributed by atoms with Crippen LogP contribution in [0.1, 0.15) is 69.1 Å². The molecule has 1 saturated carbocycles. The maximum absolute atomic E-state index is 13.7.